The van der Waals surface area contributed by atoms with Gasteiger partial charge in [-0.1, -0.05) is 23.1 Å². The summed E-state index contributed by atoms with van der Waals surface area (Å²) in [6, 6.07) is 15.8. The number of hydrogen-bond acceptors (Lipinski definition) is 3. The minimum atomic E-state index is 0. The molecule has 23 heavy (non-hydrogen) atoms. The Kier molecular flexibility index (Phi) is 3.15. The van der Waals surface area contributed by atoms with Crippen LogP contribution in [0.15, 0.2) is 48.8 Å². The molecule has 0 N–H and O–H groups in total. The molecule has 3 heterocycles. The Balaban J connectivity index is 0.00000135. The van der Waals surface area contributed by atoms with E-state index < -0.39 is 0 Å². The molecule has 0 saturated heterocycles. The molecule has 0 aliphatic carbocycles. The predicted molar refractivity (Wildman–Crippen MR) is 86.9 cm³/mol. The monoisotopic (exact) mass is 476 g/mol. The Labute approximate surface area is 145 Å². The van der Waals surface area contributed by atoms with Crippen molar-refractivity contribution in [1.29, 1.82) is 0 Å². The number of fused-ring (bicyclic) bond motifs is 8. The SMILES string of the molecule is Cc1ccc2c(c1)c1ccc[c-]c1c1nc3nccnc3n21.[Ir]. The molecule has 3 aromatic heterocycles. The van der Waals surface area contributed by atoms with Gasteiger partial charge in [0.25, 0.3) is 0 Å². The summed E-state index contributed by atoms with van der Waals surface area (Å²) in [7, 11) is 0. The molecule has 2 aromatic carbocycles. The third-order valence-electron chi connectivity index (χ3n) is 4.06. The van der Waals surface area contributed by atoms with Crippen molar-refractivity contribution in [3.63, 3.8) is 0 Å². The van der Waals surface area contributed by atoms with Crippen molar-refractivity contribution < 1.29 is 20.1 Å². The fourth-order valence-electron chi connectivity index (χ4n) is 3.11. The first-order valence-electron chi connectivity index (χ1n) is 7.15. The van der Waals surface area contributed by atoms with Gasteiger partial charge in [0, 0.05) is 38.0 Å². The molecule has 5 rings (SSSR count). The molecule has 0 unspecified atom stereocenters. The van der Waals surface area contributed by atoms with Gasteiger partial charge in [-0.2, -0.15) is 0 Å². The van der Waals surface area contributed by atoms with Gasteiger partial charge in [-0.05, 0) is 18.4 Å². The molecule has 0 atom stereocenters. The van der Waals surface area contributed by atoms with Gasteiger partial charge in [0.2, 0.25) is 0 Å². The number of aromatic nitrogens is 4. The van der Waals surface area contributed by atoms with E-state index in [1.165, 1.54) is 10.9 Å². The molecule has 1 radical (unpaired) electrons. The number of benzene rings is 2. The van der Waals surface area contributed by atoms with Crippen molar-refractivity contribution in [1.82, 2.24) is 19.4 Å². The molecule has 113 valence electrons. The minimum Gasteiger partial charge on any atom is -0.316 e. The van der Waals surface area contributed by atoms with Crippen molar-refractivity contribution in [2.45, 2.75) is 6.92 Å². The van der Waals surface area contributed by atoms with Crippen molar-refractivity contribution in [2.75, 3.05) is 0 Å². The zero-order valence-electron chi connectivity index (χ0n) is 12.2. The van der Waals surface area contributed by atoms with Crippen LogP contribution in [-0.2, 0) is 20.1 Å². The summed E-state index contributed by atoms with van der Waals surface area (Å²) in [6.07, 6.45) is 3.38. The molecule has 0 fully saturated rings. The van der Waals surface area contributed by atoms with E-state index in [1.807, 2.05) is 12.1 Å². The third kappa shape index (κ3) is 1.90. The van der Waals surface area contributed by atoms with Crippen LogP contribution in [0.2, 0.25) is 0 Å². The summed E-state index contributed by atoms with van der Waals surface area (Å²) in [5.41, 5.74) is 4.62. The number of aryl methyl sites for hydroxylation is 1. The Morgan fingerprint density at radius 1 is 1.00 bits per heavy atom. The first-order valence-corrected chi connectivity index (χ1v) is 7.15. The van der Waals surface area contributed by atoms with Crippen molar-refractivity contribution in [2.24, 2.45) is 0 Å². The van der Waals surface area contributed by atoms with Gasteiger partial charge in [-0.15, -0.1) is 29.7 Å². The fourth-order valence-corrected chi connectivity index (χ4v) is 3.11. The number of pyridine rings is 1. The zero-order valence-corrected chi connectivity index (χ0v) is 14.6. The van der Waals surface area contributed by atoms with Gasteiger partial charge in [-0.25, -0.2) is 9.97 Å². The Morgan fingerprint density at radius 2 is 1.87 bits per heavy atom. The predicted octanol–water partition coefficient (Wildman–Crippen LogP) is 3.69. The van der Waals surface area contributed by atoms with Crippen molar-refractivity contribution in [3.8, 4) is 0 Å². The average molecular weight is 476 g/mol. The quantitative estimate of drug-likeness (QED) is 0.254. The summed E-state index contributed by atoms with van der Waals surface area (Å²) in [5, 5.41) is 3.34. The van der Waals surface area contributed by atoms with Crippen molar-refractivity contribution in [3.05, 3.63) is 60.4 Å². The second-order valence-electron chi connectivity index (χ2n) is 5.45. The van der Waals surface area contributed by atoms with Crippen LogP contribution >= 0.6 is 0 Å². The van der Waals surface area contributed by atoms with E-state index in [2.05, 4.69) is 56.6 Å². The van der Waals surface area contributed by atoms with Gasteiger partial charge < -0.3 is 4.40 Å². The van der Waals surface area contributed by atoms with Crippen LogP contribution in [0.1, 0.15) is 5.56 Å². The number of hydrogen-bond donors (Lipinski definition) is 0. The van der Waals surface area contributed by atoms with E-state index in [0.717, 1.165) is 27.6 Å². The Hall–Kier alpha value is -2.36. The van der Waals surface area contributed by atoms with Crippen LogP contribution in [0.25, 0.3) is 38.6 Å². The molecule has 0 saturated carbocycles. The molecule has 5 aromatic rings. The topological polar surface area (TPSA) is 43.1 Å². The molecule has 4 nitrogen and oxygen atoms in total. The maximum absolute atomic E-state index is 4.67. The van der Waals surface area contributed by atoms with Crippen LogP contribution in [0.3, 0.4) is 0 Å². The largest absolute Gasteiger partial charge is 0.316 e. The molecule has 0 spiro atoms. The smallest absolute Gasteiger partial charge is 0.188 e. The van der Waals surface area contributed by atoms with Crippen molar-refractivity contribution >= 4 is 38.6 Å². The standard InChI is InChI=1S/C18H11N4.Ir/c1-11-6-7-15-14(10-11)12-4-2-3-5-13(12)17-21-16-18(22(15)17)20-9-8-19-16;/h2-4,6-10H,1H3;/q-1;. The molecule has 0 amide bonds. The van der Waals surface area contributed by atoms with Gasteiger partial charge in [-0.3, -0.25) is 4.98 Å². The summed E-state index contributed by atoms with van der Waals surface area (Å²) < 4.78 is 2.08. The zero-order chi connectivity index (χ0) is 14.7. The Bertz CT molecular complexity index is 1190. The first-order chi connectivity index (χ1) is 10.8. The van der Waals surface area contributed by atoms with Gasteiger partial charge in [0.15, 0.2) is 11.3 Å². The van der Waals surface area contributed by atoms with Crippen LogP contribution in [0, 0.1) is 13.0 Å². The minimum absolute atomic E-state index is 0. The fraction of sp³-hybridized carbons (Fsp3) is 0.0556. The molecular formula is C18H11IrN4-. The molecule has 5 heteroatoms. The molecule has 0 aliphatic rings. The second-order valence-corrected chi connectivity index (χ2v) is 5.45. The van der Waals surface area contributed by atoms with E-state index >= 15 is 0 Å². The normalized spacial score (nSPS) is 11.3. The van der Waals surface area contributed by atoms with Crippen LogP contribution in [0.5, 0.6) is 0 Å². The summed E-state index contributed by atoms with van der Waals surface area (Å²) in [6.45, 7) is 2.11. The number of imidazole rings is 1. The molecule has 0 bridgehead atoms. The van der Waals surface area contributed by atoms with E-state index in [1.54, 1.807) is 12.4 Å². The summed E-state index contributed by atoms with van der Waals surface area (Å²) in [5.74, 6) is 0. The maximum atomic E-state index is 4.67. The van der Waals surface area contributed by atoms with Gasteiger partial charge in [0.1, 0.15) is 0 Å². The maximum Gasteiger partial charge on any atom is 0.188 e. The van der Waals surface area contributed by atoms with Gasteiger partial charge in [0.05, 0.1) is 5.65 Å². The van der Waals surface area contributed by atoms with E-state index in [9.17, 15) is 0 Å². The Morgan fingerprint density at radius 3 is 2.78 bits per heavy atom. The van der Waals surface area contributed by atoms with Crippen LogP contribution in [0.4, 0.5) is 0 Å². The third-order valence-corrected chi connectivity index (χ3v) is 4.06. The van der Waals surface area contributed by atoms with Crippen LogP contribution < -0.4 is 0 Å². The average Bonchev–Trinajstić information content (AvgIpc) is 2.95. The first kappa shape index (κ1) is 14.2. The van der Waals surface area contributed by atoms with E-state index in [0.29, 0.717) is 5.65 Å². The van der Waals surface area contributed by atoms with E-state index in [4.69, 9.17) is 0 Å². The molecule has 0 aliphatic heterocycles. The summed E-state index contributed by atoms with van der Waals surface area (Å²) >= 11 is 0. The van der Waals surface area contributed by atoms with Crippen LogP contribution in [-0.4, -0.2) is 19.4 Å². The van der Waals surface area contributed by atoms with Gasteiger partial charge >= 0.3 is 0 Å². The van der Waals surface area contributed by atoms with E-state index in [-0.39, 0.29) is 20.1 Å². The molecular weight excluding hydrogens is 464 g/mol. The summed E-state index contributed by atoms with van der Waals surface area (Å²) in [4.78, 5) is 13.5. The number of nitrogens with zero attached hydrogens (tertiary/aromatic N) is 4. The number of rotatable bonds is 0. The second kappa shape index (κ2) is 5.08.